The standard InChI is InChI=1S/C10H6N6O2S/c1-19-10-13-7(15-16-11)6-9(14-10)18-8(12-6)5-2-3-17-4-5/h2-4H,1H3. The number of nitrogens with zero attached hydrogens (tertiary/aromatic N) is 6. The second-order valence-electron chi connectivity index (χ2n) is 3.41. The molecule has 3 aromatic heterocycles. The number of thioether (sulfide) groups is 1. The van der Waals surface area contributed by atoms with E-state index in [-0.39, 0.29) is 11.5 Å². The second-order valence-corrected chi connectivity index (χ2v) is 4.18. The van der Waals surface area contributed by atoms with Gasteiger partial charge in [0.2, 0.25) is 5.89 Å². The molecule has 94 valence electrons. The van der Waals surface area contributed by atoms with Crippen LogP contribution in [0.4, 0.5) is 5.82 Å². The van der Waals surface area contributed by atoms with E-state index in [1.54, 1.807) is 6.07 Å². The predicted molar refractivity (Wildman–Crippen MR) is 67.9 cm³/mol. The van der Waals surface area contributed by atoms with Crippen LogP contribution in [0.15, 0.2) is 37.7 Å². The number of furan rings is 1. The number of rotatable bonds is 3. The molecular weight excluding hydrogens is 268 g/mol. The van der Waals surface area contributed by atoms with E-state index < -0.39 is 0 Å². The summed E-state index contributed by atoms with van der Waals surface area (Å²) in [5.74, 6) is 0.487. The van der Waals surface area contributed by atoms with Crippen molar-refractivity contribution in [3.05, 3.63) is 29.0 Å². The van der Waals surface area contributed by atoms with E-state index in [4.69, 9.17) is 14.4 Å². The van der Waals surface area contributed by atoms with Crippen molar-refractivity contribution in [2.45, 2.75) is 5.16 Å². The number of fused-ring (bicyclic) bond motifs is 1. The van der Waals surface area contributed by atoms with E-state index in [9.17, 15) is 0 Å². The topological polar surface area (TPSA) is 114 Å². The predicted octanol–water partition coefficient (Wildman–Crippen LogP) is 3.54. The molecule has 0 spiro atoms. The zero-order chi connectivity index (χ0) is 13.2. The highest BCUT2D eigenvalue weighted by Crippen LogP contribution is 2.29. The molecule has 0 amide bonds. The van der Waals surface area contributed by atoms with E-state index in [0.29, 0.717) is 22.1 Å². The summed E-state index contributed by atoms with van der Waals surface area (Å²) in [5, 5.41) is 3.96. The Morgan fingerprint density at radius 2 is 2.26 bits per heavy atom. The monoisotopic (exact) mass is 274 g/mol. The molecule has 0 saturated heterocycles. The molecule has 8 nitrogen and oxygen atoms in total. The lowest BCUT2D eigenvalue weighted by Gasteiger charge is -1.95. The Hall–Kier alpha value is -2.51. The number of oxazole rings is 1. The first kappa shape index (κ1) is 11.6. The van der Waals surface area contributed by atoms with Crippen molar-refractivity contribution in [1.29, 1.82) is 0 Å². The van der Waals surface area contributed by atoms with E-state index in [0.717, 1.165) is 0 Å². The zero-order valence-electron chi connectivity index (χ0n) is 9.64. The van der Waals surface area contributed by atoms with Crippen LogP contribution in [0, 0.1) is 0 Å². The first-order valence-corrected chi connectivity index (χ1v) is 6.34. The Balaban J connectivity index is 2.26. The molecule has 0 unspecified atom stereocenters. The van der Waals surface area contributed by atoms with Crippen molar-refractivity contribution in [2.24, 2.45) is 5.11 Å². The lowest BCUT2D eigenvalue weighted by atomic mass is 10.3. The summed E-state index contributed by atoms with van der Waals surface area (Å²) in [6, 6.07) is 1.71. The molecule has 19 heavy (non-hydrogen) atoms. The highest BCUT2D eigenvalue weighted by atomic mass is 32.2. The minimum atomic E-state index is 0.148. The molecule has 0 saturated carbocycles. The lowest BCUT2D eigenvalue weighted by Crippen LogP contribution is -1.86. The highest BCUT2D eigenvalue weighted by molar-refractivity contribution is 7.98. The molecular formula is C10H6N6O2S. The average molecular weight is 274 g/mol. The zero-order valence-corrected chi connectivity index (χ0v) is 10.5. The minimum Gasteiger partial charge on any atom is -0.472 e. The third-order valence-electron chi connectivity index (χ3n) is 2.31. The molecule has 0 bridgehead atoms. The molecule has 3 heterocycles. The Bertz CT molecular complexity index is 775. The largest absolute Gasteiger partial charge is 0.472 e. The van der Waals surface area contributed by atoms with Gasteiger partial charge in [0.1, 0.15) is 6.26 Å². The highest BCUT2D eigenvalue weighted by Gasteiger charge is 2.15. The first-order valence-electron chi connectivity index (χ1n) is 5.12. The molecule has 0 fully saturated rings. The van der Waals surface area contributed by atoms with E-state index >= 15 is 0 Å². The number of aromatic nitrogens is 3. The van der Waals surface area contributed by atoms with Crippen LogP contribution in [0.1, 0.15) is 0 Å². The third-order valence-corrected chi connectivity index (χ3v) is 2.86. The fourth-order valence-corrected chi connectivity index (χ4v) is 1.85. The van der Waals surface area contributed by atoms with Crippen molar-refractivity contribution >= 4 is 28.8 Å². The summed E-state index contributed by atoms with van der Waals surface area (Å²) < 4.78 is 10.5. The van der Waals surface area contributed by atoms with Gasteiger partial charge >= 0.3 is 0 Å². The SMILES string of the molecule is CSc1nc(N=[N+]=[N-])c2nc(-c3ccoc3)oc2n1. The van der Waals surface area contributed by atoms with Gasteiger partial charge in [-0.15, -0.1) is 0 Å². The fraction of sp³-hybridized carbons (Fsp3) is 0.100. The van der Waals surface area contributed by atoms with Gasteiger partial charge in [0.15, 0.2) is 16.5 Å². The van der Waals surface area contributed by atoms with E-state index in [1.807, 2.05) is 6.26 Å². The molecule has 3 aromatic rings. The summed E-state index contributed by atoms with van der Waals surface area (Å²) in [6.07, 6.45) is 4.83. The Morgan fingerprint density at radius 3 is 2.95 bits per heavy atom. The van der Waals surface area contributed by atoms with Gasteiger partial charge in [0.25, 0.3) is 5.71 Å². The molecule has 9 heteroatoms. The maximum atomic E-state index is 8.55. The molecule has 0 aliphatic carbocycles. The Kier molecular flexibility index (Phi) is 2.82. The Labute approximate surface area is 110 Å². The summed E-state index contributed by atoms with van der Waals surface area (Å²) in [6.45, 7) is 0. The van der Waals surface area contributed by atoms with Crippen LogP contribution in [0.25, 0.3) is 33.1 Å². The molecule has 3 rings (SSSR count). The van der Waals surface area contributed by atoms with E-state index in [2.05, 4.69) is 25.0 Å². The summed E-state index contributed by atoms with van der Waals surface area (Å²) >= 11 is 1.32. The van der Waals surface area contributed by atoms with Crippen molar-refractivity contribution < 1.29 is 8.83 Å². The van der Waals surface area contributed by atoms with Crippen LogP contribution in [-0.2, 0) is 0 Å². The quantitative estimate of drug-likeness (QED) is 0.237. The minimum absolute atomic E-state index is 0.148. The van der Waals surface area contributed by atoms with Crippen LogP contribution in [0.2, 0.25) is 0 Å². The van der Waals surface area contributed by atoms with Crippen LogP contribution in [0.3, 0.4) is 0 Å². The van der Waals surface area contributed by atoms with Gasteiger partial charge in [-0.1, -0.05) is 11.8 Å². The van der Waals surface area contributed by atoms with Gasteiger partial charge in [0.05, 0.1) is 11.8 Å². The van der Waals surface area contributed by atoms with Gasteiger partial charge in [0, 0.05) is 4.91 Å². The van der Waals surface area contributed by atoms with Gasteiger partial charge in [-0.25, -0.2) is 9.97 Å². The average Bonchev–Trinajstić information content (AvgIpc) is 3.07. The molecule has 0 aliphatic rings. The molecule has 0 aromatic carbocycles. The summed E-state index contributed by atoms with van der Waals surface area (Å²) in [7, 11) is 0. The van der Waals surface area contributed by atoms with Gasteiger partial charge in [-0.3, -0.25) is 0 Å². The molecule has 0 radical (unpaired) electrons. The molecule has 0 atom stereocenters. The maximum Gasteiger partial charge on any atom is 0.251 e. The van der Waals surface area contributed by atoms with Crippen molar-refractivity contribution in [1.82, 2.24) is 15.0 Å². The fourth-order valence-electron chi connectivity index (χ4n) is 1.50. The summed E-state index contributed by atoms with van der Waals surface area (Å²) in [4.78, 5) is 15.2. The van der Waals surface area contributed by atoms with Crippen LogP contribution >= 0.6 is 11.8 Å². The van der Waals surface area contributed by atoms with Crippen molar-refractivity contribution in [3.8, 4) is 11.5 Å². The molecule has 0 aliphatic heterocycles. The van der Waals surface area contributed by atoms with Crippen molar-refractivity contribution in [2.75, 3.05) is 6.26 Å². The van der Waals surface area contributed by atoms with Crippen LogP contribution < -0.4 is 0 Å². The van der Waals surface area contributed by atoms with Crippen LogP contribution in [0.5, 0.6) is 0 Å². The van der Waals surface area contributed by atoms with Gasteiger partial charge in [-0.2, -0.15) is 4.98 Å². The number of hydrogen-bond acceptors (Lipinski definition) is 7. The van der Waals surface area contributed by atoms with E-state index in [1.165, 1.54) is 24.3 Å². The van der Waals surface area contributed by atoms with Crippen molar-refractivity contribution in [3.63, 3.8) is 0 Å². The van der Waals surface area contributed by atoms with Gasteiger partial charge < -0.3 is 8.83 Å². The normalized spacial score (nSPS) is 10.6. The molecule has 0 N–H and O–H groups in total. The summed E-state index contributed by atoms with van der Waals surface area (Å²) in [5.41, 5.74) is 9.83. The smallest absolute Gasteiger partial charge is 0.251 e. The first-order chi connectivity index (χ1) is 9.31. The number of hydrogen-bond donors (Lipinski definition) is 0. The number of azide groups is 1. The third kappa shape index (κ3) is 2.01. The second kappa shape index (κ2) is 4.63. The maximum absolute atomic E-state index is 8.55. The lowest BCUT2D eigenvalue weighted by molar-refractivity contribution is 0.563. The van der Waals surface area contributed by atoms with Gasteiger partial charge in [-0.05, 0) is 23.0 Å². The van der Waals surface area contributed by atoms with Crippen LogP contribution in [-0.4, -0.2) is 21.2 Å². The Morgan fingerprint density at radius 1 is 1.37 bits per heavy atom.